The number of nitrogens with zero attached hydrogens (tertiary/aromatic N) is 1. The Labute approximate surface area is 125 Å². The van der Waals surface area contributed by atoms with Crippen LogP contribution in [0.25, 0.3) is 10.9 Å². The minimum absolute atomic E-state index is 0.0696. The largest absolute Gasteiger partial charge is 0.491 e. The molecule has 0 aliphatic rings. The zero-order valence-electron chi connectivity index (χ0n) is 12.2. The molecular weight excluding hydrogens is 288 g/mol. The van der Waals surface area contributed by atoms with Crippen molar-refractivity contribution in [3.8, 4) is 5.75 Å². The maximum Gasteiger partial charge on any atom is 0.238 e. The van der Waals surface area contributed by atoms with Crippen LogP contribution in [0.2, 0.25) is 0 Å². The van der Waals surface area contributed by atoms with Gasteiger partial charge in [-0.3, -0.25) is 4.98 Å². The normalized spacial score (nSPS) is 12.0. The topological polar surface area (TPSA) is 82.3 Å². The molecule has 6 heteroatoms. The monoisotopic (exact) mass is 308 g/mol. The molecule has 1 aromatic heterocycles. The van der Waals surface area contributed by atoms with E-state index in [0.717, 1.165) is 12.8 Å². The van der Waals surface area contributed by atoms with E-state index in [1.165, 1.54) is 6.07 Å². The van der Waals surface area contributed by atoms with E-state index in [1.54, 1.807) is 24.4 Å². The van der Waals surface area contributed by atoms with E-state index < -0.39 is 10.0 Å². The molecule has 0 unspecified atom stereocenters. The molecule has 0 radical (unpaired) electrons. The fraction of sp³-hybridized carbons (Fsp3) is 0.400. The van der Waals surface area contributed by atoms with E-state index in [0.29, 0.717) is 29.2 Å². The summed E-state index contributed by atoms with van der Waals surface area (Å²) < 4.78 is 28.9. The summed E-state index contributed by atoms with van der Waals surface area (Å²) in [7, 11) is -3.78. The minimum Gasteiger partial charge on any atom is -0.491 e. The molecule has 2 N–H and O–H groups in total. The lowest BCUT2D eigenvalue weighted by Gasteiger charge is -2.11. The number of fused-ring (bicyclic) bond motifs is 1. The molecule has 0 saturated heterocycles. The molecule has 114 valence electrons. The Balaban J connectivity index is 2.31. The zero-order valence-corrected chi connectivity index (χ0v) is 13.1. The van der Waals surface area contributed by atoms with Gasteiger partial charge in [-0.2, -0.15) is 0 Å². The van der Waals surface area contributed by atoms with Crippen LogP contribution in [0.5, 0.6) is 5.75 Å². The molecule has 1 aromatic carbocycles. The van der Waals surface area contributed by atoms with Crippen molar-refractivity contribution >= 4 is 20.9 Å². The van der Waals surface area contributed by atoms with Crippen LogP contribution < -0.4 is 9.88 Å². The molecule has 0 aliphatic heterocycles. The van der Waals surface area contributed by atoms with Crippen molar-refractivity contribution in [3.05, 3.63) is 30.5 Å². The lowest BCUT2D eigenvalue weighted by Crippen LogP contribution is -2.13. The summed E-state index contributed by atoms with van der Waals surface area (Å²) in [5, 5.41) is 5.72. The van der Waals surface area contributed by atoms with Gasteiger partial charge in [-0.25, -0.2) is 13.6 Å². The maximum absolute atomic E-state index is 11.6. The van der Waals surface area contributed by atoms with Crippen LogP contribution in [-0.2, 0) is 10.0 Å². The van der Waals surface area contributed by atoms with Crippen molar-refractivity contribution in [2.45, 2.75) is 31.6 Å². The molecule has 0 amide bonds. The van der Waals surface area contributed by atoms with Gasteiger partial charge in [-0.15, -0.1) is 0 Å². The standard InChI is InChI=1S/C15H20N2O3S/c1-11(2)5-4-10-20-13-7-8-14(21(16,18)19)12-6-3-9-17-15(12)13/h3,6-9,11H,4-5,10H2,1-2H3,(H2,16,18,19). The van der Waals surface area contributed by atoms with Crippen molar-refractivity contribution in [3.63, 3.8) is 0 Å². The summed E-state index contributed by atoms with van der Waals surface area (Å²) in [6.07, 6.45) is 3.64. The highest BCUT2D eigenvalue weighted by atomic mass is 32.2. The summed E-state index contributed by atoms with van der Waals surface area (Å²) in [6.45, 7) is 4.91. The molecule has 0 atom stereocenters. The van der Waals surface area contributed by atoms with Crippen LogP contribution in [0.3, 0.4) is 0 Å². The van der Waals surface area contributed by atoms with Crippen molar-refractivity contribution < 1.29 is 13.2 Å². The van der Waals surface area contributed by atoms with Gasteiger partial charge in [0.25, 0.3) is 0 Å². The summed E-state index contributed by atoms with van der Waals surface area (Å²) in [5.41, 5.74) is 0.522. The number of aromatic nitrogens is 1. The number of benzene rings is 1. The SMILES string of the molecule is CC(C)CCCOc1ccc(S(N)(=O)=O)c2cccnc12. The fourth-order valence-corrected chi connectivity index (χ4v) is 2.89. The first kappa shape index (κ1) is 15.7. The molecule has 2 aromatic rings. The number of hydrogen-bond acceptors (Lipinski definition) is 4. The molecule has 0 bridgehead atoms. The predicted molar refractivity (Wildman–Crippen MR) is 82.7 cm³/mol. The Bertz CT molecular complexity index is 727. The summed E-state index contributed by atoms with van der Waals surface area (Å²) in [5.74, 6) is 1.22. The van der Waals surface area contributed by atoms with E-state index >= 15 is 0 Å². The van der Waals surface area contributed by atoms with Gasteiger partial charge in [0.1, 0.15) is 11.3 Å². The van der Waals surface area contributed by atoms with Crippen LogP contribution in [0.4, 0.5) is 0 Å². The van der Waals surface area contributed by atoms with Gasteiger partial charge < -0.3 is 4.74 Å². The highest BCUT2D eigenvalue weighted by Gasteiger charge is 2.15. The van der Waals surface area contributed by atoms with Crippen molar-refractivity contribution in [1.29, 1.82) is 0 Å². The Kier molecular flexibility index (Phi) is 4.80. The number of hydrogen-bond donors (Lipinski definition) is 1. The Morgan fingerprint density at radius 3 is 2.71 bits per heavy atom. The molecule has 1 heterocycles. The summed E-state index contributed by atoms with van der Waals surface area (Å²) in [6, 6.07) is 6.45. The highest BCUT2D eigenvalue weighted by Crippen LogP contribution is 2.29. The molecule has 0 fully saturated rings. The first-order chi connectivity index (χ1) is 9.89. The Morgan fingerprint density at radius 1 is 1.29 bits per heavy atom. The van der Waals surface area contributed by atoms with Crippen LogP contribution in [0.1, 0.15) is 26.7 Å². The third-order valence-electron chi connectivity index (χ3n) is 3.18. The molecule has 0 spiro atoms. The smallest absolute Gasteiger partial charge is 0.238 e. The van der Waals surface area contributed by atoms with Gasteiger partial charge in [0.05, 0.1) is 11.5 Å². The number of rotatable bonds is 6. The second kappa shape index (κ2) is 6.41. The van der Waals surface area contributed by atoms with Crippen LogP contribution >= 0.6 is 0 Å². The van der Waals surface area contributed by atoms with E-state index in [-0.39, 0.29) is 4.90 Å². The highest BCUT2D eigenvalue weighted by molar-refractivity contribution is 7.89. The lowest BCUT2D eigenvalue weighted by molar-refractivity contribution is 0.300. The molecule has 2 rings (SSSR count). The minimum atomic E-state index is -3.78. The second-order valence-electron chi connectivity index (χ2n) is 5.39. The lowest BCUT2D eigenvalue weighted by atomic mass is 10.1. The van der Waals surface area contributed by atoms with Crippen molar-refractivity contribution in [2.24, 2.45) is 11.1 Å². The number of pyridine rings is 1. The van der Waals surface area contributed by atoms with Crippen LogP contribution in [-0.4, -0.2) is 20.0 Å². The quantitative estimate of drug-likeness (QED) is 0.832. The van der Waals surface area contributed by atoms with E-state index in [2.05, 4.69) is 18.8 Å². The van der Waals surface area contributed by atoms with Gasteiger partial charge in [-0.05, 0) is 43.0 Å². The molecule has 0 saturated carbocycles. The van der Waals surface area contributed by atoms with Crippen molar-refractivity contribution in [2.75, 3.05) is 6.61 Å². The molecule has 21 heavy (non-hydrogen) atoms. The fourth-order valence-electron chi connectivity index (χ4n) is 2.16. The van der Waals surface area contributed by atoms with E-state index in [9.17, 15) is 8.42 Å². The summed E-state index contributed by atoms with van der Waals surface area (Å²) >= 11 is 0. The van der Waals surface area contributed by atoms with Crippen LogP contribution in [0, 0.1) is 5.92 Å². The molecule has 0 aliphatic carbocycles. The Hall–Kier alpha value is -1.66. The third-order valence-corrected chi connectivity index (χ3v) is 4.15. The van der Waals surface area contributed by atoms with Crippen molar-refractivity contribution in [1.82, 2.24) is 4.98 Å². The average Bonchev–Trinajstić information content (AvgIpc) is 2.42. The van der Waals surface area contributed by atoms with Gasteiger partial charge in [0.2, 0.25) is 10.0 Å². The molecular formula is C15H20N2O3S. The molecule has 5 nitrogen and oxygen atoms in total. The number of primary sulfonamides is 1. The predicted octanol–water partition coefficient (Wildman–Crippen LogP) is 2.70. The van der Waals surface area contributed by atoms with Gasteiger partial charge in [-0.1, -0.05) is 13.8 Å². The first-order valence-corrected chi connectivity index (χ1v) is 8.47. The van der Waals surface area contributed by atoms with E-state index in [1.807, 2.05) is 0 Å². The van der Waals surface area contributed by atoms with Crippen LogP contribution in [0.15, 0.2) is 35.4 Å². The third kappa shape index (κ3) is 3.92. The Morgan fingerprint density at radius 2 is 2.05 bits per heavy atom. The number of ether oxygens (including phenoxy) is 1. The van der Waals surface area contributed by atoms with Gasteiger partial charge in [0.15, 0.2) is 0 Å². The summed E-state index contributed by atoms with van der Waals surface area (Å²) in [4.78, 5) is 4.29. The zero-order chi connectivity index (χ0) is 15.5. The van der Waals surface area contributed by atoms with Gasteiger partial charge in [0, 0.05) is 11.6 Å². The average molecular weight is 308 g/mol. The van der Waals surface area contributed by atoms with E-state index in [4.69, 9.17) is 9.88 Å². The van der Waals surface area contributed by atoms with Gasteiger partial charge >= 0.3 is 0 Å². The number of nitrogens with two attached hydrogens (primary N) is 1. The number of sulfonamides is 1. The maximum atomic E-state index is 11.6. The first-order valence-electron chi connectivity index (χ1n) is 6.93. The second-order valence-corrected chi connectivity index (χ2v) is 6.92.